The van der Waals surface area contributed by atoms with E-state index in [0.29, 0.717) is 0 Å². The molecule has 0 aromatic rings. The van der Waals surface area contributed by atoms with Crippen LogP contribution in [-0.2, 0) is 0 Å². The number of rotatable bonds is 1. The molecular weight excluding hydrogens is 151 g/mol. The molecule has 0 N–H and O–H groups in total. The van der Waals surface area contributed by atoms with E-state index in [4.69, 9.17) is 0 Å². The summed E-state index contributed by atoms with van der Waals surface area (Å²) in [5.41, 5.74) is 0.921. The van der Waals surface area contributed by atoms with Gasteiger partial charge in [0, 0.05) is 0 Å². The molecule has 1 aliphatic rings. The Bertz CT molecular complexity index is 115. The van der Waals surface area contributed by atoms with Crippen molar-refractivity contribution < 1.29 is 0 Å². The lowest BCUT2D eigenvalue weighted by molar-refractivity contribution is 0.404. The molecular formula is C10H19P. The van der Waals surface area contributed by atoms with E-state index < -0.39 is 0 Å². The highest BCUT2D eigenvalue weighted by molar-refractivity contribution is 7.17. The lowest BCUT2D eigenvalue weighted by atomic mass is 9.94. The van der Waals surface area contributed by atoms with E-state index in [-0.39, 0.29) is 0 Å². The Morgan fingerprint density at radius 3 is 2.00 bits per heavy atom. The van der Waals surface area contributed by atoms with Crippen LogP contribution in [0.2, 0.25) is 0 Å². The Hall–Kier alpha value is -0.0100. The third kappa shape index (κ3) is 3.26. The predicted octanol–water partition coefficient (Wildman–Crippen LogP) is 2.94. The summed E-state index contributed by atoms with van der Waals surface area (Å²) in [5, 5.41) is 0. The molecule has 1 aliphatic carbocycles. The molecule has 0 spiro atoms. The molecule has 1 saturated carbocycles. The SMILES string of the molecule is C#C.CC(C)C1CCCC1P. The summed E-state index contributed by atoms with van der Waals surface area (Å²) in [6.45, 7) is 4.68. The minimum absolute atomic E-state index is 0.898. The molecule has 0 radical (unpaired) electrons. The maximum absolute atomic E-state index is 4.00. The molecule has 64 valence electrons. The van der Waals surface area contributed by atoms with Gasteiger partial charge in [0.05, 0.1) is 0 Å². The van der Waals surface area contributed by atoms with Crippen molar-refractivity contribution in [3.63, 3.8) is 0 Å². The summed E-state index contributed by atoms with van der Waals surface area (Å²) in [6, 6.07) is 0. The number of terminal acetylenes is 1. The van der Waals surface area contributed by atoms with Crippen LogP contribution in [0.4, 0.5) is 0 Å². The van der Waals surface area contributed by atoms with Crippen LogP contribution in [-0.4, -0.2) is 5.66 Å². The quantitative estimate of drug-likeness (QED) is 0.419. The van der Waals surface area contributed by atoms with Crippen LogP contribution < -0.4 is 0 Å². The van der Waals surface area contributed by atoms with Gasteiger partial charge in [-0.1, -0.05) is 20.3 Å². The molecule has 0 saturated heterocycles. The summed E-state index contributed by atoms with van der Waals surface area (Å²) in [7, 11) is 2.98. The highest BCUT2D eigenvalue weighted by Crippen LogP contribution is 2.36. The highest BCUT2D eigenvalue weighted by atomic mass is 31.0. The summed E-state index contributed by atoms with van der Waals surface area (Å²) in [5.74, 6) is 1.89. The van der Waals surface area contributed by atoms with Gasteiger partial charge in [0.2, 0.25) is 0 Å². The van der Waals surface area contributed by atoms with Gasteiger partial charge in [-0.15, -0.1) is 22.1 Å². The van der Waals surface area contributed by atoms with Gasteiger partial charge >= 0.3 is 0 Å². The van der Waals surface area contributed by atoms with Crippen molar-refractivity contribution in [1.82, 2.24) is 0 Å². The van der Waals surface area contributed by atoms with E-state index in [0.717, 1.165) is 17.5 Å². The Balaban J connectivity index is 0.000000461. The Morgan fingerprint density at radius 1 is 1.27 bits per heavy atom. The zero-order chi connectivity index (χ0) is 8.85. The third-order valence-corrected chi connectivity index (χ3v) is 3.31. The van der Waals surface area contributed by atoms with E-state index in [2.05, 4.69) is 35.9 Å². The minimum Gasteiger partial charge on any atom is -0.134 e. The van der Waals surface area contributed by atoms with E-state index in [1.807, 2.05) is 0 Å². The molecule has 0 aromatic carbocycles. The molecule has 0 aliphatic heterocycles. The second-order valence-electron chi connectivity index (χ2n) is 3.50. The fourth-order valence-corrected chi connectivity index (χ4v) is 2.72. The first-order valence-electron chi connectivity index (χ1n) is 4.30. The smallest absolute Gasteiger partial charge is 0.0233 e. The Labute approximate surface area is 73.4 Å². The van der Waals surface area contributed by atoms with Crippen LogP contribution in [0.5, 0.6) is 0 Å². The summed E-state index contributed by atoms with van der Waals surface area (Å²) >= 11 is 0. The average Bonchev–Trinajstić information content (AvgIpc) is 2.39. The van der Waals surface area contributed by atoms with Gasteiger partial charge in [0.15, 0.2) is 0 Å². The molecule has 1 rings (SSSR count). The molecule has 0 bridgehead atoms. The standard InChI is InChI=1S/C8H17P.C2H2/c1-6(2)7-4-3-5-8(7)9;1-2/h6-8H,3-5,9H2,1-2H3;1-2H. The average molecular weight is 170 g/mol. The van der Waals surface area contributed by atoms with Crippen LogP contribution in [0.1, 0.15) is 33.1 Å². The summed E-state index contributed by atoms with van der Waals surface area (Å²) in [6.07, 6.45) is 12.4. The van der Waals surface area contributed by atoms with Crippen molar-refractivity contribution in [2.45, 2.75) is 38.8 Å². The minimum atomic E-state index is 0.898. The van der Waals surface area contributed by atoms with Crippen molar-refractivity contribution in [3.8, 4) is 12.8 Å². The van der Waals surface area contributed by atoms with Crippen LogP contribution in [0.3, 0.4) is 0 Å². The maximum atomic E-state index is 4.00. The monoisotopic (exact) mass is 170 g/mol. The molecule has 11 heavy (non-hydrogen) atoms. The first-order valence-corrected chi connectivity index (χ1v) is 4.97. The molecule has 1 fully saturated rings. The van der Waals surface area contributed by atoms with E-state index in [1.54, 1.807) is 0 Å². The lowest BCUT2D eigenvalue weighted by Gasteiger charge is -2.18. The molecule has 3 unspecified atom stereocenters. The van der Waals surface area contributed by atoms with Gasteiger partial charge in [-0.2, -0.15) is 0 Å². The Kier molecular flexibility index (Phi) is 5.61. The lowest BCUT2D eigenvalue weighted by Crippen LogP contribution is -2.12. The van der Waals surface area contributed by atoms with Crippen molar-refractivity contribution in [2.24, 2.45) is 11.8 Å². The fourth-order valence-electron chi connectivity index (χ4n) is 1.85. The van der Waals surface area contributed by atoms with Crippen molar-refractivity contribution >= 4 is 9.24 Å². The predicted molar refractivity (Wildman–Crippen MR) is 55.6 cm³/mol. The highest BCUT2D eigenvalue weighted by Gasteiger charge is 2.25. The zero-order valence-electron chi connectivity index (χ0n) is 7.59. The van der Waals surface area contributed by atoms with Gasteiger partial charge in [-0.25, -0.2) is 0 Å². The van der Waals surface area contributed by atoms with Crippen LogP contribution >= 0.6 is 9.24 Å². The summed E-state index contributed by atoms with van der Waals surface area (Å²) in [4.78, 5) is 0. The van der Waals surface area contributed by atoms with Crippen LogP contribution in [0.15, 0.2) is 0 Å². The fraction of sp³-hybridized carbons (Fsp3) is 0.800. The van der Waals surface area contributed by atoms with Gasteiger partial charge in [0.25, 0.3) is 0 Å². The molecule has 0 aromatic heterocycles. The van der Waals surface area contributed by atoms with Gasteiger partial charge in [-0.05, 0) is 30.3 Å². The normalized spacial score (nSPS) is 29.6. The van der Waals surface area contributed by atoms with E-state index in [9.17, 15) is 0 Å². The number of hydrogen-bond acceptors (Lipinski definition) is 0. The van der Waals surface area contributed by atoms with Gasteiger partial charge in [0.1, 0.15) is 0 Å². The second-order valence-corrected chi connectivity index (χ2v) is 4.36. The zero-order valence-corrected chi connectivity index (χ0v) is 8.74. The maximum Gasteiger partial charge on any atom is -0.0233 e. The van der Waals surface area contributed by atoms with E-state index in [1.165, 1.54) is 19.3 Å². The molecule has 0 heterocycles. The third-order valence-electron chi connectivity index (χ3n) is 2.48. The van der Waals surface area contributed by atoms with Crippen molar-refractivity contribution in [3.05, 3.63) is 0 Å². The Morgan fingerprint density at radius 2 is 1.82 bits per heavy atom. The number of hydrogen-bond donors (Lipinski definition) is 0. The van der Waals surface area contributed by atoms with Crippen LogP contribution in [0, 0.1) is 24.7 Å². The molecule has 0 amide bonds. The first kappa shape index (κ1) is 11.0. The topological polar surface area (TPSA) is 0 Å². The second kappa shape index (κ2) is 5.62. The molecule has 1 heteroatoms. The molecule has 0 nitrogen and oxygen atoms in total. The van der Waals surface area contributed by atoms with Crippen molar-refractivity contribution in [1.29, 1.82) is 0 Å². The molecule has 3 atom stereocenters. The largest absolute Gasteiger partial charge is 0.134 e. The van der Waals surface area contributed by atoms with E-state index >= 15 is 0 Å². The summed E-state index contributed by atoms with van der Waals surface area (Å²) < 4.78 is 0. The van der Waals surface area contributed by atoms with Gasteiger partial charge < -0.3 is 0 Å². The van der Waals surface area contributed by atoms with Gasteiger partial charge in [-0.3, -0.25) is 0 Å². The van der Waals surface area contributed by atoms with Crippen molar-refractivity contribution in [2.75, 3.05) is 0 Å². The first-order chi connectivity index (χ1) is 5.22. The van der Waals surface area contributed by atoms with Crippen LogP contribution in [0.25, 0.3) is 0 Å².